The third kappa shape index (κ3) is 1.62. The zero-order chi connectivity index (χ0) is 11.7. The van der Waals surface area contributed by atoms with Gasteiger partial charge >= 0.3 is 0 Å². The van der Waals surface area contributed by atoms with Gasteiger partial charge in [-0.05, 0) is 23.8 Å². The Balaban J connectivity index is 2.26. The summed E-state index contributed by atoms with van der Waals surface area (Å²) in [5.41, 5.74) is 2.63. The van der Waals surface area contributed by atoms with Crippen molar-refractivity contribution in [3.05, 3.63) is 65.9 Å². The van der Waals surface area contributed by atoms with Gasteiger partial charge in [-0.1, -0.05) is 30.4 Å². The highest BCUT2D eigenvalue weighted by Gasteiger charge is 2.13. The Morgan fingerprint density at radius 1 is 1.18 bits per heavy atom. The number of benzene rings is 1. The van der Waals surface area contributed by atoms with Crippen LogP contribution in [0.15, 0.2) is 54.8 Å². The highest BCUT2D eigenvalue weighted by Crippen LogP contribution is 2.28. The number of hydrogen-bond donors (Lipinski definition) is 0. The number of hydrogen-bond acceptors (Lipinski definition) is 2. The SMILES string of the molecule is N#Cc1cc2ncccc2cc1C1C=CC=C1. The minimum Gasteiger partial charge on any atom is -0.256 e. The van der Waals surface area contributed by atoms with Crippen molar-refractivity contribution >= 4 is 10.9 Å². The number of allylic oxidation sites excluding steroid dienone is 4. The van der Waals surface area contributed by atoms with Gasteiger partial charge in [-0.2, -0.15) is 5.26 Å². The van der Waals surface area contributed by atoms with Crippen LogP contribution in [0, 0.1) is 11.3 Å². The molecule has 1 aromatic heterocycles. The molecule has 2 nitrogen and oxygen atoms in total. The van der Waals surface area contributed by atoms with Crippen LogP contribution in [-0.4, -0.2) is 4.98 Å². The van der Waals surface area contributed by atoms with Crippen LogP contribution in [0.25, 0.3) is 10.9 Å². The van der Waals surface area contributed by atoms with Crippen molar-refractivity contribution < 1.29 is 0 Å². The van der Waals surface area contributed by atoms with Crippen LogP contribution in [0.1, 0.15) is 17.0 Å². The first-order valence-electron chi connectivity index (χ1n) is 5.52. The molecular weight excluding hydrogens is 208 g/mol. The van der Waals surface area contributed by atoms with E-state index in [0.717, 1.165) is 16.5 Å². The van der Waals surface area contributed by atoms with E-state index in [1.54, 1.807) is 6.20 Å². The molecule has 1 aliphatic rings. The molecule has 0 radical (unpaired) electrons. The third-order valence-corrected chi connectivity index (χ3v) is 3.00. The first-order chi connectivity index (χ1) is 8.38. The highest BCUT2D eigenvalue weighted by atomic mass is 14.6. The molecule has 1 aromatic carbocycles. The fourth-order valence-corrected chi connectivity index (χ4v) is 2.15. The molecule has 1 aliphatic carbocycles. The molecule has 0 bridgehead atoms. The molecule has 17 heavy (non-hydrogen) atoms. The summed E-state index contributed by atoms with van der Waals surface area (Å²) in [6.45, 7) is 0. The molecule has 0 atom stereocenters. The van der Waals surface area contributed by atoms with Crippen LogP contribution < -0.4 is 0 Å². The summed E-state index contributed by atoms with van der Waals surface area (Å²) in [6, 6.07) is 10.1. The zero-order valence-electron chi connectivity index (χ0n) is 9.17. The second kappa shape index (κ2) is 3.88. The highest BCUT2D eigenvalue weighted by molar-refractivity contribution is 5.81. The maximum Gasteiger partial charge on any atom is 0.0995 e. The summed E-state index contributed by atoms with van der Waals surface area (Å²) in [7, 11) is 0. The number of fused-ring (bicyclic) bond motifs is 1. The number of nitrogens with zero attached hydrogens (tertiary/aromatic N) is 2. The lowest BCUT2D eigenvalue weighted by molar-refractivity contribution is 1.10. The first kappa shape index (κ1) is 9.80. The van der Waals surface area contributed by atoms with Crippen molar-refractivity contribution in [1.29, 1.82) is 5.26 Å². The van der Waals surface area contributed by atoms with Crippen molar-refractivity contribution in [2.24, 2.45) is 0 Å². The van der Waals surface area contributed by atoms with E-state index in [2.05, 4.69) is 29.3 Å². The number of rotatable bonds is 1. The Bertz CT molecular complexity index is 663. The average molecular weight is 218 g/mol. The van der Waals surface area contributed by atoms with E-state index in [4.69, 9.17) is 0 Å². The van der Waals surface area contributed by atoms with E-state index in [9.17, 15) is 5.26 Å². The summed E-state index contributed by atoms with van der Waals surface area (Å²) >= 11 is 0. The van der Waals surface area contributed by atoms with E-state index in [1.807, 2.05) is 30.4 Å². The van der Waals surface area contributed by atoms with Crippen LogP contribution >= 0.6 is 0 Å². The van der Waals surface area contributed by atoms with Gasteiger partial charge in [0.1, 0.15) is 0 Å². The Hall–Kier alpha value is -2.40. The minimum absolute atomic E-state index is 0.217. The second-order valence-corrected chi connectivity index (χ2v) is 4.04. The number of aromatic nitrogens is 1. The molecule has 0 amide bonds. The third-order valence-electron chi connectivity index (χ3n) is 3.00. The summed E-state index contributed by atoms with van der Waals surface area (Å²) in [4.78, 5) is 4.27. The molecule has 0 fully saturated rings. The molecule has 0 unspecified atom stereocenters. The van der Waals surface area contributed by atoms with Crippen LogP contribution in [0.3, 0.4) is 0 Å². The van der Waals surface area contributed by atoms with Gasteiger partial charge in [0.05, 0.1) is 17.1 Å². The molecule has 2 aromatic rings. The molecule has 3 rings (SSSR count). The molecular formula is C15H10N2. The fourth-order valence-electron chi connectivity index (χ4n) is 2.15. The monoisotopic (exact) mass is 218 g/mol. The normalized spacial score (nSPS) is 14.3. The molecule has 0 N–H and O–H groups in total. The quantitative estimate of drug-likeness (QED) is 0.736. The van der Waals surface area contributed by atoms with E-state index < -0.39 is 0 Å². The zero-order valence-corrected chi connectivity index (χ0v) is 9.17. The molecule has 1 heterocycles. The Kier molecular flexibility index (Phi) is 2.23. The van der Waals surface area contributed by atoms with Crippen LogP contribution in [0.2, 0.25) is 0 Å². The van der Waals surface area contributed by atoms with Crippen LogP contribution in [0.4, 0.5) is 0 Å². The second-order valence-electron chi connectivity index (χ2n) is 4.04. The lowest BCUT2D eigenvalue weighted by Gasteiger charge is -2.09. The van der Waals surface area contributed by atoms with Crippen molar-refractivity contribution in [3.63, 3.8) is 0 Å². The van der Waals surface area contributed by atoms with E-state index in [0.29, 0.717) is 5.56 Å². The smallest absolute Gasteiger partial charge is 0.0995 e. The minimum atomic E-state index is 0.217. The van der Waals surface area contributed by atoms with Gasteiger partial charge in [0.15, 0.2) is 0 Å². The van der Waals surface area contributed by atoms with Crippen molar-refractivity contribution in [2.45, 2.75) is 5.92 Å². The van der Waals surface area contributed by atoms with Crippen molar-refractivity contribution in [1.82, 2.24) is 4.98 Å². The molecule has 80 valence electrons. The summed E-state index contributed by atoms with van der Waals surface area (Å²) in [5, 5.41) is 10.3. The van der Waals surface area contributed by atoms with E-state index in [1.165, 1.54) is 0 Å². The predicted molar refractivity (Wildman–Crippen MR) is 67.5 cm³/mol. The Morgan fingerprint density at radius 3 is 2.76 bits per heavy atom. The first-order valence-corrected chi connectivity index (χ1v) is 5.52. The predicted octanol–water partition coefficient (Wildman–Crippen LogP) is 3.32. The maximum absolute atomic E-state index is 9.21. The Morgan fingerprint density at radius 2 is 2.00 bits per heavy atom. The van der Waals surface area contributed by atoms with Gasteiger partial charge in [0, 0.05) is 17.5 Å². The van der Waals surface area contributed by atoms with Gasteiger partial charge in [0.2, 0.25) is 0 Å². The Labute approximate surface area is 99.5 Å². The summed E-state index contributed by atoms with van der Waals surface area (Å²) in [5.74, 6) is 0.217. The van der Waals surface area contributed by atoms with Gasteiger partial charge in [-0.25, -0.2) is 0 Å². The van der Waals surface area contributed by atoms with Crippen molar-refractivity contribution in [2.75, 3.05) is 0 Å². The molecule has 0 aliphatic heterocycles. The lowest BCUT2D eigenvalue weighted by Crippen LogP contribution is -1.95. The maximum atomic E-state index is 9.21. The van der Waals surface area contributed by atoms with Gasteiger partial charge in [-0.3, -0.25) is 4.98 Å². The van der Waals surface area contributed by atoms with Crippen molar-refractivity contribution in [3.8, 4) is 6.07 Å². The summed E-state index contributed by atoms with van der Waals surface area (Å²) < 4.78 is 0. The van der Waals surface area contributed by atoms with Crippen LogP contribution in [0.5, 0.6) is 0 Å². The average Bonchev–Trinajstić information content (AvgIpc) is 2.91. The fraction of sp³-hybridized carbons (Fsp3) is 0.0667. The number of pyridine rings is 1. The molecule has 0 spiro atoms. The van der Waals surface area contributed by atoms with E-state index >= 15 is 0 Å². The molecule has 2 heteroatoms. The lowest BCUT2D eigenvalue weighted by atomic mass is 9.94. The van der Waals surface area contributed by atoms with E-state index in [-0.39, 0.29) is 5.92 Å². The van der Waals surface area contributed by atoms with Gasteiger partial charge < -0.3 is 0 Å². The standard InChI is InChI=1S/C15H10N2/c16-10-13-9-15-12(6-3-7-17-15)8-14(13)11-4-1-2-5-11/h1-9,11H. The number of nitriles is 1. The summed E-state index contributed by atoms with van der Waals surface area (Å²) in [6.07, 6.45) is 9.97. The topological polar surface area (TPSA) is 36.7 Å². The van der Waals surface area contributed by atoms with Crippen LogP contribution in [-0.2, 0) is 0 Å². The largest absolute Gasteiger partial charge is 0.256 e. The van der Waals surface area contributed by atoms with Gasteiger partial charge in [0.25, 0.3) is 0 Å². The molecule has 0 saturated heterocycles. The van der Waals surface area contributed by atoms with Gasteiger partial charge in [-0.15, -0.1) is 0 Å². The molecule has 0 saturated carbocycles.